The molecule has 0 saturated heterocycles. The highest BCUT2D eigenvalue weighted by Gasteiger charge is 2.18. The molecule has 27 heavy (non-hydrogen) atoms. The Balaban J connectivity index is 2.19. The van der Waals surface area contributed by atoms with Gasteiger partial charge in [-0.15, -0.1) is 0 Å². The minimum Gasteiger partial charge on any atom is -0.377 e. The first-order chi connectivity index (χ1) is 13.1. The molecule has 0 heterocycles. The van der Waals surface area contributed by atoms with E-state index >= 15 is 0 Å². The zero-order chi connectivity index (χ0) is 19.0. The second-order valence-corrected chi connectivity index (χ2v) is 6.97. The number of rotatable bonds is 3. The summed E-state index contributed by atoms with van der Waals surface area (Å²) >= 11 is 0. The lowest BCUT2D eigenvalue weighted by atomic mass is 9.90. The molecule has 0 bridgehead atoms. The summed E-state index contributed by atoms with van der Waals surface area (Å²) in [5.74, 6) is -0.0711. The van der Waals surface area contributed by atoms with Crippen molar-refractivity contribution in [2.75, 3.05) is 24.3 Å². The van der Waals surface area contributed by atoms with Crippen LogP contribution >= 0.6 is 0 Å². The standard InChI is InChI=1S/C24H22N2O/c1-16(27)25-21-14-12-17-8-4-6-10-19(17)23(21)24-20-11-7-5-9-18(20)13-15-22(24)26(2)3/h4-15H,1-3H3,(H,25,27). The summed E-state index contributed by atoms with van der Waals surface area (Å²) in [6.07, 6.45) is 0. The smallest absolute Gasteiger partial charge is 0.221 e. The van der Waals surface area contributed by atoms with E-state index in [9.17, 15) is 4.79 Å². The maximum absolute atomic E-state index is 11.9. The molecular weight excluding hydrogens is 332 g/mol. The third kappa shape index (κ3) is 3.02. The third-order valence-corrected chi connectivity index (χ3v) is 4.88. The van der Waals surface area contributed by atoms with Crippen LogP contribution in [0.2, 0.25) is 0 Å². The quantitative estimate of drug-likeness (QED) is 0.513. The van der Waals surface area contributed by atoms with Gasteiger partial charge in [0.1, 0.15) is 0 Å². The number of fused-ring (bicyclic) bond motifs is 2. The van der Waals surface area contributed by atoms with E-state index in [0.717, 1.165) is 33.3 Å². The van der Waals surface area contributed by atoms with Gasteiger partial charge in [-0.2, -0.15) is 0 Å². The summed E-state index contributed by atoms with van der Waals surface area (Å²) in [4.78, 5) is 14.0. The van der Waals surface area contributed by atoms with Crippen LogP contribution < -0.4 is 10.2 Å². The van der Waals surface area contributed by atoms with Crippen LogP contribution in [0.3, 0.4) is 0 Å². The van der Waals surface area contributed by atoms with E-state index in [0.29, 0.717) is 0 Å². The second-order valence-electron chi connectivity index (χ2n) is 6.97. The van der Waals surface area contributed by atoms with Gasteiger partial charge in [0, 0.05) is 43.5 Å². The number of carbonyl (C=O) groups is 1. The Morgan fingerprint density at radius 1 is 0.741 bits per heavy atom. The molecule has 0 radical (unpaired) electrons. The first kappa shape index (κ1) is 17.1. The molecule has 3 nitrogen and oxygen atoms in total. The van der Waals surface area contributed by atoms with Gasteiger partial charge in [0.25, 0.3) is 0 Å². The van der Waals surface area contributed by atoms with E-state index in [-0.39, 0.29) is 5.91 Å². The summed E-state index contributed by atoms with van der Waals surface area (Å²) in [5, 5.41) is 7.67. The number of benzene rings is 4. The Morgan fingerprint density at radius 3 is 1.89 bits per heavy atom. The lowest BCUT2D eigenvalue weighted by molar-refractivity contribution is -0.114. The first-order valence-electron chi connectivity index (χ1n) is 9.05. The van der Waals surface area contributed by atoms with E-state index in [4.69, 9.17) is 0 Å². The van der Waals surface area contributed by atoms with E-state index in [1.54, 1.807) is 6.92 Å². The molecule has 1 N–H and O–H groups in total. The lowest BCUT2D eigenvalue weighted by Gasteiger charge is -2.23. The summed E-state index contributed by atoms with van der Waals surface area (Å²) in [5.41, 5.74) is 4.15. The zero-order valence-electron chi connectivity index (χ0n) is 15.8. The van der Waals surface area contributed by atoms with Crippen LogP contribution in [0.5, 0.6) is 0 Å². The average molecular weight is 354 g/mol. The number of carbonyl (C=O) groups excluding carboxylic acids is 1. The number of hydrogen-bond donors (Lipinski definition) is 1. The fourth-order valence-corrected chi connectivity index (χ4v) is 3.73. The van der Waals surface area contributed by atoms with E-state index < -0.39 is 0 Å². The highest BCUT2D eigenvalue weighted by Crippen LogP contribution is 2.44. The Kier molecular flexibility index (Phi) is 4.28. The van der Waals surface area contributed by atoms with Crippen LogP contribution in [0.15, 0.2) is 72.8 Å². The third-order valence-electron chi connectivity index (χ3n) is 4.88. The summed E-state index contributed by atoms with van der Waals surface area (Å²) in [7, 11) is 4.10. The van der Waals surface area contributed by atoms with Gasteiger partial charge in [0.15, 0.2) is 0 Å². The molecule has 134 valence electrons. The molecule has 4 aromatic carbocycles. The normalized spacial score (nSPS) is 10.9. The highest BCUT2D eigenvalue weighted by molar-refractivity contribution is 6.15. The summed E-state index contributed by atoms with van der Waals surface area (Å²) in [6, 6.07) is 25.1. The number of amides is 1. The minimum atomic E-state index is -0.0711. The summed E-state index contributed by atoms with van der Waals surface area (Å²) in [6.45, 7) is 1.55. The molecule has 3 heteroatoms. The Bertz CT molecular complexity index is 1160. The molecule has 1 amide bonds. The molecule has 0 aliphatic carbocycles. The predicted molar refractivity (Wildman–Crippen MR) is 116 cm³/mol. The SMILES string of the molecule is CC(=O)Nc1ccc2ccccc2c1-c1c(N(C)C)ccc2ccccc12. The molecule has 0 aliphatic rings. The molecule has 0 unspecified atom stereocenters. The maximum atomic E-state index is 11.9. The van der Waals surface area contributed by atoms with E-state index in [2.05, 4.69) is 78.9 Å². The fourth-order valence-electron chi connectivity index (χ4n) is 3.73. The molecule has 0 fully saturated rings. The van der Waals surface area contributed by atoms with Crippen molar-refractivity contribution in [3.05, 3.63) is 72.8 Å². The molecule has 0 spiro atoms. The van der Waals surface area contributed by atoms with Crippen LogP contribution in [0.1, 0.15) is 6.92 Å². The Hall–Kier alpha value is -3.33. The van der Waals surface area contributed by atoms with Crippen LogP contribution in [0.25, 0.3) is 32.7 Å². The van der Waals surface area contributed by atoms with Crippen LogP contribution in [-0.2, 0) is 4.79 Å². The molecule has 0 aromatic heterocycles. The topological polar surface area (TPSA) is 32.3 Å². The minimum absolute atomic E-state index is 0.0711. The Morgan fingerprint density at radius 2 is 1.30 bits per heavy atom. The van der Waals surface area contributed by atoms with Crippen molar-refractivity contribution >= 4 is 38.8 Å². The van der Waals surface area contributed by atoms with Crippen LogP contribution in [0, 0.1) is 0 Å². The number of anilines is 2. The molecule has 0 saturated carbocycles. The lowest BCUT2D eigenvalue weighted by Crippen LogP contribution is -2.12. The van der Waals surface area contributed by atoms with Crippen molar-refractivity contribution in [2.24, 2.45) is 0 Å². The van der Waals surface area contributed by atoms with Gasteiger partial charge in [0.2, 0.25) is 5.91 Å². The largest absolute Gasteiger partial charge is 0.377 e. The molecule has 0 atom stereocenters. The van der Waals surface area contributed by atoms with Crippen molar-refractivity contribution < 1.29 is 4.79 Å². The number of nitrogens with one attached hydrogen (secondary N) is 1. The first-order valence-corrected chi connectivity index (χ1v) is 9.05. The van der Waals surface area contributed by atoms with Gasteiger partial charge >= 0.3 is 0 Å². The van der Waals surface area contributed by atoms with E-state index in [1.165, 1.54) is 10.8 Å². The maximum Gasteiger partial charge on any atom is 0.221 e. The van der Waals surface area contributed by atoms with Gasteiger partial charge in [-0.1, -0.05) is 60.7 Å². The number of hydrogen-bond acceptors (Lipinski definition) is 2. The molecule has 0 aliphatic heterocycles. The van der Waals surface area contributed by atoms with E-state index in [1.807, 2.05) is 18.2 Å². The van der Waals surface area contributed by atoms with Crippen molar-refractivity contribution in [3.63, 3.8) is 0 Å². The molecule has 4 rings (SSSR count). The van der Waals surface area contributed by atoms with Crippen molar-refractivity contribution in [2.45, 2.75) is 6.92 Å². The van der Waals surface area contributed by atoms with Crippen LogP contribution in [0.4, 0.5) is 11.4 Å². The van der Waals surface area contributed by atoms with Crippen molar-refractivity contribution in [1.82, 2.24) is 0 Å². The van der Waals surface area contributed by atoms with Crippen molar-refractivity contribution in [1.29, 1.82) is 0 Å². The van der Waals surface area contributed by atoms with Gasteiger partial charge < -0.3 is 10.2 Å². The predicted octanol–water partition coefficient (Wildman–Crippen LogP) is 5.68. The highest BCUT2D eigenvalue weighted by atomic mass is 16.1. The zero-order valence-corrected chi connectivity index (χ0v) is 15.8. The van der Waals surface area contributed by atoms with Gasteiger partial charge in [-0.25, -0.2) is 0 Å². The number of nitrogens with zero attached hydrogens (tertiary/aromatic N) is 1. The molecular formula is C24H22N2O. The average Bonchev–Trinajstić information content (AvgIpc) is 2.66. The monoisotopic (exact) mass is 354 g/mol. The Labute approximate surface area is 159 Å². The van der Waals surface area contributed by atoms with Crippen LogP contribution in [-0.4, -0.2) is 20.0 Å². The van der Waals surface area contributed by atoms with Gasteiger partial charge in [-0.05, 0) is 33.7 Å². The van der Waals surface area contributed by atoms with Gasteiger partial charge in [0.05, 0.1) is 0 Å². The fraction of sp³-hybridized carbons (Fsp3) is 0.125. The molecule has 4 aromatic rings. The second kappa shape index (κ2) is 6.76. The van der Waals surface area contributed by atoms with Crippen molar-refractivity contribution in [3.8, 4) is 11.1 Å². The van der Waals surface area contributed by atoms with Gasteiger partial charge in [-0.3, -0.25) is 4.79 Å². The summed E-state index contributed by atoms with van der Waals surface area (Å²) < 4.78 is 0.